The maximum absolute atomic E-state index is 14.0. The first-order valence-electron chi connectivity index (χ1n) is 12.4. The largest absolute Gasteiger partial charge is 0.467 e. The fraction of sp³-hybridized carbons (Fsp3) is 0.321. The summed E-state index contributed by atoms with van der Waals surface area (Å²) >= 11 is 0. The molecule has 0 aliphatic carbocycles. The number of esters is 1. The van der Waals surface area contributed by atoms with Crippen molar-refractivity contribution in [3.05, 3.63) is 77.9 Å². The quantitative estimate of drug-likeness (QED) is 0.230. The van der Waals surface area contributed by atoms with E-state index in [-0.39, 0.29) is 23.2 Å². The van der Waals surface area contributed by atoms with Crippen molar-refractivity contribution in [1.82, 2.24) is 9.62 Å². The molecule has 10 heteroatoms. The predicted molar refractivity (Wildman–Crippen MR) is 145 cm³/mol. The lowest BCUT2D eigenvalue weighted by molar-refractivity contribution is -0.157. The van der Waals surface area contributed by atoms with Crippen molar-refractivity contribution < 1.29 is 22.7 Å². The van der Waals surface area contributed by atoms with E-state index >= 15 is 0 Å². The number of rotatable bonds is 8. The number of fused-ring (bicyclic) bond motifs is 1. The molecule has 4 N–H and O–H groups in total. The summed E-state index contributed by atoms with van der Waals surface area (Å²) in [5.41, 5.74) is 6.73. The molecule has 1 fully saturated rings. The number of ether oxygens (including phenoxy) is 1. The van der Waals surface area contributed by atoms with Crippen molar-refractivity contribution >= 4 is 38.5 Å². The number of carbonyl (C=O) groups is 2. The summed E-state index contributed by atoms with van der Waals surface area (Å²) in [6, 6.07) is 16.7. The zero-order valence-corrected chi connectivity index (χ0v) is 22.2. The second kappa shape index (κ2) is 11.3. The van der Waals surface area contributed by atoms with Crippen LogP contribution in [0.15, 0.2) is 71.6 Å². The Kier molecular flexibility index (Phi) is 8.13. The Hall–Kier alpha value is -3.76. The van der Waals surface area contributed by atoms with Crippen LogP contribution in [0.1, 0.15) is 37.3 Å². The van der Waals surface area contributed by atoms with Crippen molar-refractivity contribution in [3.63, 3.8) is 0 Å². The fourth-order valence-corrected chi connectivity index (χ4v) is 6.21. The molecule has 3 atom stereocenters. The van der Waals surface area contributed by atoms with E-state index in [1.807, 2.05) is 31.2 Å². The van der Waals surface area contributed by atoms with Crippen LogP contribution in [0.5, 0.6) is 0 Å². The maximum atomic E-state index is 14.0. The van der Waals surface area contributed by atoms with Crippen molar-refractivity contribution in [2.75, 3.05) is 7.11 Å². The van der Waals surface area contributed by atoms with Crippen molar-refractivity contribution in [2.45, 2.75) is 55.6 Å². The molecule has 0 aromatic heterocycles. The van der Waals surface area contributed by atoms with Crippen LogP contribution < -0.4 is 10.5 Å². The number of nitrogens with two attached hydrogens (primary N) is 1. The third kappa shape index (κ3) is 5.87. The lowest BCUT2D eigenvalue weighted by Gasteiger charge is -2.41. The number of nitrogens with one attached hydrogen (secondary N) is 2. The summed E-state index contributed by atoms with van der Waals surface area (Å²) in [5.74, 6) is -1.17. The molecule has 200 valence electrons. The molecule has 3 aromatic carbocycles. The van der Waals surface area contributed by atoms with E-state index in [9.17, 15) is 18.0 Å². The van der Waals surface area contributed by atoms with Crippen LogP contribution in [-0.4, -0.2) is 56.3 Å². The highest BCUT2D eigenvalue weighted by Crippen LogP contribution is 2.26. The number of methoxy groups -OCH3 is 1. The first-order valence-corrected chi connectivity index (χ1v) is 13.9. The van der Waals surface area contributed by atoms with E-state index < -0.39 is 34.0 Å². The predicted octanol–water partition coefficient (Wildman–Crippen LogP) is 2.96. The summed E-state index contributed by atoms with van der Waals surface area (Å²) in [7, 11) is -2.85. The maximum Gasteiger partial charge on any atom is 0.328 e. The molecular formula is C28H32N4O5S. The van der Waals surface area contributed by atoms with Crippen molar-refractivity contribution in [3.8, 4) is 0 Å². The van der Waals surface area contributed by atoms with Gasteiger partial charge in [-0.05, 0) is 67.1 Å². The zero-order valence-electron chi connectivity index (χ0n) is 21.4. The average Bonchev–Trinajstić information content (AvgIpc) is 2.91. The standard InChI is InChI=1S/C28H32N4O5S/c1-18-7-5-12-25(28(34)37-2)32(18)27(33)24(16-19-8-6-11-22(15-19)26(29)30)31-38(35,36)23-14-13-20-9-3-4-10-21(20)17-23/h3-4,6,8-11,13-15,17-18,24-25,31H,5,7,12,16H2,1-2H3,(H3,29,30)/t18-,24-,25+/m0/s1. The van der Waals surface area contributed by atoms with E-state index in [2.05, 4.69) is 4.72 Å². The third-order valence-corrected chi connectivity index (χ3v) is 8.41. The highest BCUT2D eigenvalue weighted by atomic mass is 32.2. The van der Waals surface area contributed by atoms with Gasteiger partial charge in [0, 0.05) is 11.6 Å². The van der Waals surface area contributed by atoms with E-state index in [4.69, 9.17) is 15.9 Å². The number of sulfonamides is 1. The van der Waals surface area contributed by atoms with Crippen molar-refractivity contribution in [1.29, 1.82) is 5.41 Å². The number of nitrogen functional groups attached to an aromatic ring is 1. The second-order valence-corrected chi connectivity index (χ2v) is 11.3. The van der Waals surface area contributed by atoms with Gasteiger partial charge in [0.15, 0.2) is 0 Å². The van der Waals surface area contributed by atoms with Crippen molar-refractivity contribution in [2.24, 2.45) is 5.73 Å². The monoisotopic (exact) mass is 536 g/mol. The molecule has 4 rings (SSSR count). The van der Waals surface area contributed by atoms with Gasteiger partial charge in [-0.3, -0.25) is 10.2 Å². The number of hydrogen-bond acceptors (Lipinski definition) is 6. The molecule has 1 heterocycles. The SMILES string of the molecule is COC(=O)[C@H]1CCC[C@H](C)N1C(=O)[C@H](Cc1cccc(C(=N)N)c1)NS(=O)(=O)c1ccc2ccccc2c1. The average molecular weight is 537 g/mol. The highest BCUT2D eigenvalue weighted by Gasteiger charge is 2.40. The fourth-order valence-electron chi connectivity index (χ4n) is 4.98. The van der Waals surface area contributed by atoms with Gasteiger partial charge in [0.2, 0.25) is 15.9 Å². The summed E-state index contributed by atoms with van der Waals surface area (Å²) in [5, 5.41) is 9.39. The number of piperidine rings is 1. The van der Waals surface area contributed by atoms with Gasteiger partial charge in [0.25, 0.3) is 0 Å². The zero-order chi connectivity index (χ0) is 27.4. The lowest BCUT2D eigenvalue weighted by atomic mass is 9.94. The summed E-state index contributed by atoms with van der Waals surface area (Å²) < 4.78 is 34.7. The number of amidine groups is 1. The third-order valence-electron chi connectivity index (χ3n) is 6.94. The van der Waals surface area contributed by atoms with Gasteiger partial charge in [-0.25, -0.2) is 13.2 Å². The molecular weight excluding hydrogens is 504 g/mol. The molecule has 1 amide bonds. The molecule has 0 bridgehead atoms. The summed E-state index contributed by atoms with van der Waals surface area (Å²) in [6.07, 6.45) is 1.87. The van der Waals surface area contributed by atoms with Gasteiger partial charge in [-0.15, -0.1) is 0 Å². The van der Waals surface area contributed by atoms with E-state index in [1.54, 1.807) is 36.4 Å². The summed E-state index contributed by atoms with van der Waals surface area (Å²) in [6.45, 7) is 1.85. The topological polar surface area (TPSA) is 143 Å². The van der Waals surface area contributed by atoms with Crippen LogP contribution in [0.25, 0.3) is 10.8 Å². The minimum Gasteiger partial charge on any atom is -0.467 e. The van der Waals surface area contributed by atoms with E-state index in [1.165, 1.54) is 18.1 Å². The van der Waals surface area contributed by atoms with E-state index in [0.29, 0.717) is 24.0 Å². The van der Waals surface area contributed by atoms with Crippen LogP contribution in [-0.2, 0) is 30.8 Å². The normalized spacial score (nSPS) is 18.6. The minimum atomic E-state index is -4.12. The van der Waals surface area contributed by atoms with Crippen LogP contribution in [0.4, 0.5) is 0 Å². The molecule has 1 aliphatic rings. The molecule has 9 nitrogen and oxygen atoms in total. The Morgan fingerprint density at radius 2 is 1.82 bits per heavy atom. The van der Waals surface area contributed by atoms with Crippen LogP contribution >= 0.6 is 0 Å². The number of amides is 1. The number of likely N-dealkylation sites (tertiary alicyclic amines) is 1. The molecule has 0 radical (unpaired) electrons. The van der Waals surface area contributed by atoms with Crippen LogP contribution in [0, 0.1) is 5.41 Å². The summed E-state index contributed by atoms with van der Waals surface area (Å²) in [4.78, 5) is 28.1. The first-order chi connectivity index (χ1) is 18.1. The number of carbonyl (C=O) groups excluding carboxylic acids is 2. The number of hydrogen-bond donors (Lipinski definition) is 3. The number of nitrogens with zero attached hydrogens (tertiary/aromatic N) is 1. The Bertz CT molecular complexity index is 1470. The number of benzene rings is 3. The van der Waals surface area contributed by atoms with Gasteiger partial charge in [-0.1, -0.05) is 48.5 Å². The van der Waals surface area contributed by atoms with Gasteiger partial charge in [0.05, 0.1) is 12.0 Å². The lowest BCUT2D eigenvalue weighted by Crippen LogP contribution is -2.59. The molecule has 38 heavy (non-hydrogen) atoms. The Morgan fingerprint density at radius 1 is 1.08 bits per heavy atom. The Morgan fingerprint density at radius 3 is 2.53 bits per heavy atom. The Labute approximate surface area is 222 Å². The minimum absolute atomic E-state index is 0.00385. The van der Waals surface area contributed by atoms with Gasteiger partial charge in [0.1, 0.15) is 17.9 Å². The van der Waals surface area contributed by atoms with Gasteiger partial charge < -0.3 is 15.4 Å². The Balaban J connectivity index is 1.72. The smallest absolute Gasteiger partial charge is 0.328 e. The van der Waals surface area contributed by atoms with Crippen LogP contribution in [0.2, 0.25) is 0 Å². The first kappa shape index (κ1) is 27.3. The molecule has 0 unspecified atom stereocenters. The molecule has 0 saturated carbocycles. The molecule has 3 aromatic rings. The highest BCUT2D eigenvalue weighted by molar-refractivity contribution is 7.89. The van der Waals surface area contributed by atoms with Crippen LogP contribution in [0.3, 0.4) is 0 Å². The second-order valence-electron chi connectivity index (χ2n) is 9.57. The van der Waals surface area contributed by atoms with Gasteiger partial charge in [-0.2, -0.15) is 4.72 Å². The van der Waals surface area contributed by atoms with E-state index in [0.717, 1.165) is 17.2 Å². The molecule has 0 spiro atoms. The van der Waals surface area contributed by atoms with Gasteiger partial charge >= 0.3 is 5.97 Å². The molecule has 1 aliphatic heterocycles. The molecule has 1 saturated heterocycles.